The zero-order valence-corrected chi connectivity index (χ0v) is 19.1. The topological polar surface area (TPSA) is 114 Å². The van der Waals surface area contributed by atoms with Crippen molar-refractivity contribution in [1.29, 1.82) is 0 Å². The number of rotatable bonds is 6. The number of carbonyl (C=O) groups is 1. The number of nitro benzene ring substituents is 1. The van der Waals surface area contributed by atoms with Crippen molar-refractivity contribution in [1.82, 2.24) is 9.55 Å². The van der Waals surface area contributed by atoms with Crippen molar-refractivity contribution >= 4 is 46.5 Å². The van der Waals surface area contributed by atoms with Crippen molar-refractivity contribution in [2.75, 3.05) is 6.61 Å². The second-order valence-corrected chi connectivity index (χ2v) is 7.64. The highest BCUT2D eigenvalue weighted by atomic mass is 35.5. The third-order valence-corrected chi connectivity index (χ3v) is 5.20. The Kier molecular flexibility index (Phi) is 6.88. The van der Waals surface area contributed by atoms with Crippen LogP contribution in [0.25, 0.3) is 28.7 Å². The van der Waals surface area contributed by atoms with Crippen LogP contribution >= 0.6 is 11.6 Å². The van der Waals surface area contributed by atoms with Gasteiger partial charge in [-0.1, -0.05) is 23.7 Å². The molecular formula is C25H18ClN3O6. The number of halogens is 1. The van der Waals surface area contributed by atoms with Gasteiger partial charge >= 0.3 is 6.16 Å². The minimum absolute atomic E-state index is 0.0815. The molecular weight excluding hydrogens is 474 g/mol. The predicted octanol–water partition coefficient (Wildman–Crippen LogP) is 5.65. The van der Waals surface area contributed by atoms with E-state index in [0.29, 0.717) is 27.2 Å². The van der Waals surface area contributed by atoms with Gasteiger partial charge in [0, 0.05) is 11.1 Å². The van der Waals surface area contributed by atoms with Gasteiger partial charge in [0.15, 0.2) is 0 Å². The molecule has 10 heteroatoms. The van der Waals surface area contributed by atoms with E-state index in [2.05, 4.69) is 4.98 Å². The molecule has 176 valence electrons. The van der Waals surface area contributed by atoms with E-state index in [-0.39, 0.29) is 29.4 Å². The molecule has 3 aromatic carbocycles. The lowest BCUT2D eigenvalue weighted by Gasteiger charge is -2.12. The number of para-hydroxylation sites is 1. The smallest absolute Gasteiger partial charge is 0.434 e. The van der Waals surface area contributed by atoms with Gasteiger partial charge in [0.2, 0.25) is 0 Å². The first kappa shape index (κ1) is 23.7. The molecule has 0 amide bonds. The van der Waals surface area contributed by atoms with Crippen LogP contribution in [0.1, 0.15) is 18.3 Å². The average molecular weight is 492 g/mol. The molecule has 0 N–H and O–H groups in total. The van der Waals surface area contributed by atoms with Gasteiger partial charge in [-0.3, -0.25) is 19.5 Å². The van der Waals surface area contributed by atoms with Crippen LogP contribution in [0.4, 0.5) is 10.5 Å². The average Bonchev–Trinajstić information content (AvgIpc) is 2.83. The van der Waals surface area contributed by atoms with Crippen molar-refractivity contribution in [3.8, 4) is 11.4 Å². The summed E-state index contributed by atoms with van der Waals surface area (Å²) in [5, 5.41) is 12.1. The second-order valence-electron chi connectivity index (χ2n) is 7.20. The fourth-order valence-electron chi connectivity index (χ4n) is 3.40. The van der Waals surface area contributed by atoms with Crippen LogP contribution < -0.4 is 10.3 Å². The van der Waals surface area contributed by atoms with E-state index in [1.54, 1.807) is 55.5 Å². The summed E-state index contributed by atoms with van der Waals surface area (Å²) in [6.45, 7) is 1.84. The third kappa shape index (κ3) is 5.20. The molecule has 35 heavy (non-hydrogen) atoms. The Bertz CT molecular complexity index is 1510. The molecule has 0 atom stereocenters. The summed E-state index contributed by atoms with van der Waals surface area (Å²) in [6.07, 6.45) is 2.20. The summed E-state index contributed by atoms with van der Waals surface area (Å²) in [5.74, 6) is 0.458. The molecule has 0 aliphatic rings. The van der Waals surface area contributed by atoms with Crippen LogP contribution in [0.2, 0.25) is 5.02 Å². The normalized spacial score (nSPS) is 11.0. The van der Waals surface area contributed by atoms with E-state index >= 15 is 0 Å². The minimum Gasteiger partial charge on any atom is -0.434 e. The number of aromatic nitrogens is 2. The summed E-state index contributed by atoms with van der Waals surface area (Å²) in [4.78, 5) is 40.5. The largest absolute Gasteiger partial charge is 0.513 e. The third-order valence-electron chi connectivity index (χ3n) is 4.96. The Morgan fingerprint density at radius 3 is 2.57 bits per heavy atom. The van der Waals surface area contributed by atoms with Gasteiger partial charge in [-0.2, -0.15) is 0 Å². The molecule has 4 aromatic rings. The molecule has 1 heterocycles. The first-order chi connectivity index (χ1) is 16.9. The van der Waals surface area contributed by atoms with E-state index in [9.17, 15) is 19.7 Å². The standard InChI is InChI=1S/C25H18ClN3O6/c1-2-34-25(31)35-19-11-9-18(10-12-19)28-23(14-7-16-5-3-4-6-22(16)29(32)33)27-21-15-17(26)8-13-20(21)24(28)30/h3-15H,2H2,1H3/b14-7+. The molecule has 0 aliphatic carbocycles. The fraction of sp³-hybridized carbons (Fsp3) is 0.0800. The lowest BCUT2D eigenvalue weighted by atomic mass is 10.1. The molecule has 0 bridgehead atoms. The number of nitro groups is 1. The zero-order valence-electron chi connectivity index (χ0n) is 18.4. The Morgan fingerprint density at radius 1 is 1.11 bits per heavy atom. The summed E-state index contributed by atoms with van der Waals surface area (Å²) in [5.41, 5.74) is 0.721. The van der Waals surface area contributed by atoms with Gasteiger partial charge in [-0.25, -0.2) is 9.78 Å². The van der Waals surface area contributed by atoms with Crippen molar-refractivity contribution in [2.24, 2.45) is 0 Å². The quantitative estimate of drug-likeness (QED) is 0.148. The first-order valence-electron chi connectivity index (χ1n) is 10.5. The maximum atomic E-state index is 13.4. The maximum Gasteiger partial charge on any atom is 0.513 e. The molecule has 9 nitrogen and oxygen atoms in total. The molecule has 0 saturated carbocycles. The fourth-order valence-corrected chi connectivity index (χ4v) is 3.57. The Labute approximate surface area is 204 Å². The predicted molar refractivity (Wildman–Crippen MR) is 132 cm³/mol. The summed E-state index contributed by atoms with van der Waals surface area (Å²) < 4.78 is 11.2. The number of nitrogens with zero attached hydrogens (tertiary/aromatic N) is 3. The summed E-state index contributed by atoms with van der Waals surface area (Å²) >= 11 is 6.10. The minimum atomic E-state index is -0.838. The molecule has 4 rings (SSSR count). The molecule has 0 saturated heterocycles. The number of benzene rings is 3. The highest BCUT2D eigenvalue weighted by Gasteiger charge is 2.14. The Hall–Kier alpha value is -4.50. The Morgan fingerprint density at radius 2 is 1.86 bits per heavy atom. The van der Waals surface area contributed by atoms with E-state index in [0.717, 1.165) is 0 Å². The van der Waals surface area contributed by atoms with E-state index < -0.39 is 11.1 Å². The zero-order chi connectivity index (χ0) is 24.9. The Balaban J connectivity index is 1.83. The van der Waals surface area contributed by atoms with Crippen LogP contribution in [0, 0.1) is 10.1 Å². The molecule has 0 aliphatic heterocycles. The van der Waals surface area contributed by atoms with Gasteiger partial charge < -0.3 is 9.47 Å². The van der Waals surface area contributed by atoms with Gasteiger partial charge in [-0.15, -0.1) is 0 Å². The van der Waals surface area contributed by atoms with Crippen molar-refractivity contribution < 1.29 is 19.2 Å². The SMILES string of the molecule is CCOC(=O)Oc1ccc(-n2c(/C=C/c3ccccc3[N+](=O)[O-])nc3cc(Cl)ccc3c2=O)cc1. The molecule has 0 spiro atoms. The highest BCUT2D eigenvalue weighted by molar-refractivity contribution is 6.31. The lowest BCUT2D eigenvalue weighted by molar-refractivity contribution is -0.385. The summed E-state index contributed by atoms with van der Waals surface area (Å²) in [6, 6.07) is 17.2. The number of carbonyl (C=O) groups excluding carboxylic acids is 1. The van der Waals surface area contributed by atoms with Gasteiger partial charge in [0.05, 0.1) is 33.7 Å². The van der Waals surface area contributed by atoms with Gasteiger partial charge in [0.1, 0.15) is 11.6 Å². The second kappa shape index (κ2) is 10.2. The lowest BCUT2D eigenvalue weighted by Crippen LogP contribution is -2.22. The van der Waals surface area contributed by atoms with Crippen molar-refractivity contribution in [3.05, 3.63) is 104 Å². The van der Waals surface area contributed by atoms with E-state index in [1.165, 1.54) is 34.9 Å². The number of ether oxygens (including phenoxy) is 2. The van der Waals surface area contributed by atoms with Crippen molar-refractivity contribution in [2.45, 2.75) is 6.92 Å². The van der Waals surface area contributed by atoms with E-state index in [4.69, 9.17) is 21.1 Å². The molecule has 0 fully saturated rings. The van der Waals surface area contributed by atoms with Gasteiger partial charge in [0.25, 0.3) is 11.2 Å². The van der Waals surface area contributed by atoms with Crippen LogP contribution in [-0.4, -0.2) is 27.2 Å². The molecule has 0 unspecified atom stereocenters. The molecule has 1 aromatic heterocycles. The maximum absolute atomic E-state index is 13.4. The van der Waals surface area contributed by atoms with Crippen LogP contribution in [-0.2, 0) is 4.74 Å². The van der Waals surface area contributed by atoms with E-state index in [1.807, 2.05) is 0 Å². The summed E-state index contributed by atoms with van der Waals surface area (Å²) in [7, 11) is 0. The van der Waals surface area contributed by atoms with Crippen molar-refractivity contribution in [3.63, 3.8) is 0 Å². The van der Waals surface area contributed by atoms with Crippen LogP contribution in [0.3, 0.4) is 0 Å². The number of hydrogen-bond donors (Lipinski definition) is 0. The number of hydrogen-bond acceptors (Lipinski definition) is 7. The van der Waals surface area contributed by atoms with Gasteiger partial charge in [-0.05, 0) is 67.6 Å². The highest BCUT2D eigenvalue weighted by Crippen LogP contribution is 2.23. The van der Waals surface area contributed by atoms with Crippen LogP contribution in [0.15, 0.2) is 71.5 Å². The number of fused-ring (bicyclic) bond motifs is 1. The van der Waals surface area contributed by atoms with Crippen LogP contribution in [0.5, 0.6) is 5.75 Å². The monoisotopic (exact) mass is 491 g/mol. The molecule has 0 radical (unpaired) electrons. The first-order valence-corrected chi connectivity index (χ1v) is 10.8.